The quantitative estimate of drug-likeness (QED) is 0.262. The van der Waals surface area contributed by atoms with Gasteiger partial charge in [0, 0.05) is 0 Å². The van der Waals surface area contributed by atoms with Crippen molar-refractivity contribution in [1.29, 1.82) is 0 Å². The van der Waals surface area contributed by atoms with Gasteiger partial charge >= 0.3 is 24.2 Å². The Balaban J connectivity index is 4.66. The summed E-state index contributed by atoms with van der Waals surface area (Å²) in [6, 6.07) is 0. The molecular weight excluding hydrogens is 252 g/mol. The molecule has 0 aliphatic heterocycles. The number of carbonyl (C=O) groups excluding carboxylic acids is 1. The Kier molecular flexibility index (Phi) is 4.00. The molecule has 0 aliphatic rings. The first kappa shape index (κ1) is 13.6. The fraction of sp³-hybridized carbons (Fsp3) is 0.333. The van der Waals surface area contributed by atoms with Crippen LogP contribution in [-0.4, -0.2) is 35.3 Å². The highest BCUT2D eigenvalue weighted by atomic mass is 33.2. The minimum atomic E-state index is -5.20. The van der Waals surface area contributed by atoms with Crippen LogP contribution in [0.5, 0.6) is 0 Å². The Morgan fingerprint density at radius 1 is 1.20 bits per heavy atom. The van der Waals surface area contributed by atoms with E-state index in [4.69, 9.17) is 11.5 Å². The van der Waals surface area contributed by atoms with E-state index in [-0.39, 0.29) is 0 Å². The van der Waals surface area contributed by atoms with Gasteiger partial charge in [0.2, 0.25) is 0 Å². The summed E-state index contributed by atoms with van der Waals surface area (Å²) in [5, 5.41) is 4.24. The molecule has 0 aromatic carbocycles. The Labute approximate surface area is 84.7 Å². The standard InChI is InChI=1S/C3H8N4O6S2/c4-3(5)7-1-2(8)13-15(11,12)14(6,9)10/h1H2,(H4,4,5,7)(H2,6,9,10). The summed E-state index contributed by atoms with van der Waals surface area (Å²) in [4.78, 5) is 13.8. The van der Waals surface area contributed by atoms with Crippen molar-refractivity contribution >= 4 is 30.1 Å². The van der Waals surface area contributed by atoms with Crippen LogP contribution in [0.25, 0.3) is 0 Å². The lowest BCUT2D eigenvalue weighted by Crippen LogP contribution is -2.29. The highest BCUT2D eigenvalue weighted by Crippen LogP contribution is 2.00. The first-order chi connectivity index (χ1) is 6.56. The molecule has 0 aliphatic carbocycles. The lowest BCUT2D eigenvalue weighted by molar-refractivity contribution is -0.132. The van der Waals surface area contributed by atoms with Gasteiger partial charge in [-0.1, -0.05) is 0 Å². The number of hydrogen-bond acceptors (Lipinski definition) is 7. The van der Waals surface area contributed by atoms with E-state index in [2.05, 4.69) is 14.3 Å². The van der Waals surface area contributed by atoms with Crippen molar-refractivity contribution in [2.75, 3.05) is 6.54 Å². The molecule has 0 spiro atoms. The minimum Gasteiger partial charge on any atom is -0.370 e. The molecule has 0 saturated carbocycles. The first-order valence-electron chi connectivity index (χ1n) is 3.11. The summed E-state index contributed by atoms with van der Waals surface area (Å²) >= 11 is 0. The third-order valence-corrected chi connectivity index (χ3v) is 3.74. The van der Waals surface area contributed by atoms with Crippen molar-refractivity contribution in [3.8, 4) is 0 Å². The van der Waals surface area contributed by atoms with Crippen molar-refractivity contribution in [2.45, 2.75) is 0 Å². The molecule has 0 rings (SSSR count). The van der Waals surface area contributed by atoms with Gasteiger partial charge in [-0.05, 0) is 0 Å². The Morgan fingerprint density at radius 3 is 2.00 bits per heavy atom. The van der Waals surface area contributed by atoms with Gasteiger partial charge in [0.25, 0.3) is 0 Å². The molecule has 0 aromatic heterocycles. The van der Waals surface area contributed by atoms with E-state index < -0.39 is 36.7 Å². The molecule has 0 radical (unpaired) electrons. The number of rotatable bonds is 4. The third-order valence-electron chi connectivity index (χ3n) is 0.870. The fourth-order valence-corrected chi connectivity index (χ4v) is 1.23. The molecule has 0 fully saturated rings. The second-order valence-corrected chi connectivity index (χ2v) is 6.68. The van der Waals surface area contributed by atoms with Crippen LogP contribution in [0, 0.1) is 0 Å². The number of nitrogens with zero attached hydrogens (tertiary/aromatic N) is 1. The van der Waals surface area contributed by atoms with Crippen LogP contribution in [-0.2, 0) is 27.2 Å². The lowest BCUT2D eigenvalue weighted by Gasteiger charge is -2.00. The molecule has 0 heterocycles. The zero-order chi connectivity index (χ0) is 12.3. The van der Waals surface area contributed by atoms with Crippen LogP contribution in [0.4, 0.5) is 0 Å². The van der Waals surface area contributed by atoms with Gasteiger partial charge in [-0.15, -0.1) is 0 Å². The van der Waals surface area contributed by atoms with E-state index in [1.54, 1.807) is 0 Å². The minimum absolute atomic E-state index is 0.486. The molecule has 15 heavy (non-hydrogen) atoms. The zero-order valence-corrected chi connectivity index (χ0v) is 8.79. The van der Waals surface area contributed by atoms with E-state index in [0.717, 1.165) is 0 Å². The summed E-state index contributed by atoms with van der Waals surface area (Å²) in [5.41, 5.74) is 9.64. The molecule has 6 N–H and O–H groups in total. The molecular formula is C3H8N4O6S2. The number of carbonyl (C=O) groups is 1. The molecule has 10 nitrogen and oxygen atoms in total. The van der Waals surface area contributed by atoms with Crippen LogP contribution < -0.4 is 16.6 Å². The van der Waals surface area contributed by atoms with Crippen LogP contribution in [0.15, 0.2) is 4.99 Å². The number of hydrogen-bond donors (Lipinski definition) is 3. The summed E-state index contributed by atoms with van der Waals surface area (Å²) < 4.78 is 45.5. The van der Waals surface area contributed by atoms with E-state index >= 15 is 0 Å². The largest absolute Gasteiger partial charge is 0.435 e. The average Bonchev–Trinajstić information content (AvgIpc) is 1.97. The van der Waals surface area contributed by atoms with E-state index in [1.165, 1.54) is 0 Å². The average molecular weight is 260 g/mol. The maximum Gasteiger partial charge on any atom is 0.435 e. The highest BCUT2D eigenvalue weighted by molar-refractivity contribution is 8.64. The number of aliphatic imine (C=N–C) groups is 1. The molecule has 0 aromatic rings. The monoisotopic (exact) mass is 260 g/mol. The van der Waals surface area contributed by atoms with Crippen LogP contribution in [0.1, 0.15) is 0 Å². The Hall–Kier alpha value is -1.40. The maximum atomic E-state index is 10.7. The lowest BCUT2D eigenvalue weighted by atomic mass is 10.7. The van der Waals surface area contributed by atoms with Gasteiger partial charge < -0.3 is 15.7 Å². The van der Waals surface area contributed by atoms with Gasteiger partial charge in [0.05, 0.1) is 0 Å². The molecule has 0 bridgehead atoms. The van der Waals surface area contributed by atoms with Crippen molar-refractivity contribution < 1.29 is 25.8 Å². The van der Waals surface area contributed by atoms with Gasteiger partial charge in [0.15, 0.2) is 5.96 Å². The molecule has 0 unspecified atom stereocenters. The van der Waals surface area contributed by atoms with E-state index in [0.29, 0.717) is 0 Å². The van der Waals surface area contributed by atoms with Gasteiger partial charge in [0.1, 0.15) is 6.54 Å². The van der Waals surface area contributed by atoms with Crippen molar-refractivity contribution in [3.05, 3.63) is 0 Å². The van der Waals surface area contributed by atoms with E-state index in [1.807, 2.05) is 0 Å². The first-order valence-corrected chi connectivity index (χ1v) is 6.59. The smallest absolute Gasteiger partial charge is 0.370 e. The molecule has 12 heteroatoms. The topological polar surface area (TPSA) is 185 Å². The molecule has 0 atom stereocenters. The fourth-order valence-electron chi connectivity index (χ4n) is 0.343. The molecule has 88 valence electrons. The zero-order valence-electron chi connectivity index (χ0n) is 7.15. The second kappa shape index (κ2) is 4.41. The van der Waals surface area contributed by atoms with E-state index in [9.17, 15) is 21.6 Å². The summed E-state index contributed by atoms with van der Waals surface area (Å²) in [6.07, 6.45) is 0. The number of guanidine groups is 1. The van der Waals surface area contributed by atoms with Crippen molar-refractivity contribution in [1.82, 2.24) is 0 Å². The van der Waals surface area contributed by atoms with Gasteiger partial charge in [-0.2, -0.15) is 16.8 Å². The summed E-state index contributed by atoms with van der Waals surface area (Å²) in [6.45, 7) is -0.836. The predicted octanol–water partition coefficient (Wildman–Crippen LogP) is -3.66. The predicted molar refractivity (Wildman–Crippen MR) is 48.8 cm³/mol. The SMILES string of the molecule is NC(N)=NCC(=O)OS(=O)(=O)S(N)(=O)=O. The Bertz CT molecular complexity index is 471. The number of nitrogens with two attached hydrogens (primary N) is 3. The van der Waals surface area contributed by atoms with Gasteiger partial charge in [-0.25, -0.2) is 14.9 Å². The summed E-state index contributed by atoms with van der Waals surface area (Å²) in [5.74, 6) is -1.96. The van der Waals surface area contributed by atoms with Crippen LogP contribution in [0.3, 0.4) is 0 Å². The maximum absolute atomic E-state index is 10.7. The highest BCUT2D eigenvalue weighted by Gasteiger charge is 2.30. The Morgan fingerprint density at radius 2 is 1.67 bits per heavy atom. The third kappa shape index (κ3) is 4.57. The molecule has 0 saturated heterocycles. The molecule has 0 amide bonds. The summed E-state index contributed by atoms with van der Waals surface area (Å²) in [7, 11) is -10.2. The van der Waals surface area contributed by atoms with Crippen LogP contribution >= 0.6 is 0 Å². The van der Waals surface area contributed by atoms with Gasteiger partial charge in [-0.3, -0.25) is 0 Å². The van der Waals surface area contributed by atoms with Crippen molar-refractivity contribution in [2.24, 2.45) is 21.6 Å². The van der Waals surface area contributed by atoms with Crippen LogP contribution in [0.2, 0.25) is 0 Å². The van der Waals surface area contributed by atoms with Crippen molar-refractivity contribution in [3.63, 3.8) is 0 Å². The second-order valence-electron chi connectivity index (χ2n) is 2.10. The normalized spacial score (nSPS) is 11.8.